The number of carbonyl (C=O) groups is 1. The van der Waals surface area contributed by atoms with E-state index in [9.17, 15) is 4.79 Å². The Morgan fingerprint density at radius 1 is 1.41 bits per heavy atom. The van der Waals surface area contributed by atoms with Crippen LogP contribution in [0.4, 0.5) is 0 Å². The van der Waals surface area contributed by atoms with Gasteiger partial charge in [0.1, 0.15) is 0 Å². The summed E-state index contributed by atoms with van der Waals surface area (Å²) < 4.78 is 2.15. The van der Waals surface area contributed by atoms with E-state index in [-0.39, 0.29) is 5.92 Å². The molecule has 1 saturated carbocycles. The Morgan fingerprint density at radius 3 is 3.05 bits per heavy atom. The lowest BCUT2D eigenvalue weighted by Gasteiger charge is -2.33. The number of piperidine rings is 1. The Kier molecular flexibility index (Phi) is 3.53. The molecular weight excluding hydrogens is 294 g/mol. The number of carbonyl (C=O) groups excluding carboxylic acids is 1. The van der Waals surface area contributed by atoms with Gasteiger partial charge in [0, 0.05) is 47.1 Å². The lowest BCUT2D eigenvalue weighted by atomic mass is 10.0. The number of thiophene rings is 1. The lowest BCUT2D eigenvalue weighted by Crippen LogP contribution is -2.41. The van der Waals surface area contributed by atoms with Crippen molar-refractivity contribution in [2.45, 2.75) is 38.1 Å². The second-order valence-corrected chi connectivity index (χ2v) is 7.81. The predicted molar refractivity (Wildman–Crippen MR) is 87.0 cm³/mol. The van der Waals surface area contributed by atoms with E-state index in [4.69, 9.17) is 0 Å². The summed E-state index contributed by atoms with van der Waals surface area (Å²) in [6, 6.07) is 4.75. The second kappa shape index (κ2) is 5.54. The van der Waals surface area contributed by atoms with E-state index in [0.29, 0.717) is 17.9 Å². The molecule has 4 rings (SSSR count). The molecule has 3 heterocycles. The first-order chi connectivity index (χ1) is 10.7. The Bertz CT molecular complexity index is 663. The smallest absolute Gasteiger partial charge is 0.226 e. The number of imidazole rings is 1. The van der Waals surface area contributed by atoms with Gasteiger partial charge in [-0.1, -0.05) is 0 Å². The third kappa shape index (κ3) is 2.58. The van der Waals surface area contributed by atoms with Crippen LogP contribution < -0.4 is 0 Å². The van der Waals surface area contributed by atoms with Gasteiger partial charge in [-0.3, -0.25) is 4.79 Å². The lowest BCUT2D eigenvalue weighted by molar-refractivity contribution is -0.134. The maximum Gasteiger partial charge on any atom is 0.226 e. The van der Waals surface area contributed by atoms with Crippen LogP contribution in [0.3, 0.4) is 0 Å². The SMILES string of the molecule is Cc1ccc([C@@H]2C[C@@H]2C(=O)N2CCC[C@@H](n3ccnc3)C2)s1. The summed E-state index contributed by atoms with van der Waals surface area (Å²) >= 11 is 1.84. The number of nitrogens with zero attached hydrogens (tertiary/aromatic N) is 3. The van der Waals surface area contributed by atoms with E-state index in [1.165, 1.54) is 9.75 Å². The van der Waals surface area contributed by atoms with Gasteiger partial charge in [-0.25, -0.2) is 4.98 Å². The van der Waals surface area contributed by atoms with Gasteiger partial charge in [-0.2, -0.15) is 0 Å². The molecule has 116 valence electrons. The average molecular weight is 315 g/mol. The van der Waals surface area contributed by atoms with Crippen LogP contribution in [0.2, 0.25) is 0 Å². The Morgan fingerprint density at radius 2 is 2.32 bits per heavy atom. The van der Waals surface area contributed by atoms with Gasteiger partial charge >= 0.3 is 0 Å². The van der Waals surface area contributed by atoms with E-state index in [2.05, 4.69) is 33.5 Å². The third-order valence-electron chi connectivity index (χ3n) is 4.89. The predicted octanol–water partition coefficient (Wildman–Crippen LogP) is 3.22. The molecule has 0 bridgehead atoms. The zero-order chi connectivity index (χ0) is 15.1. The van der Waals surface area contributed by atoms with Crippen molar-refractivity contribution < 1.29 is 4.79 Å². The van der Waals surface area contributed by atoms with Crippen LogP contribution in [-0.4, -0.2) is 33.4 Å². The zero-order valence-corrected chi connectivity index (χ0v) is 13.6. The van der Waals surface area contributed by atoms with Crippen LogP contribution in [0, 0.1) is 12.8 Å². The van der Waals surface area contributed by atoms with Crippen molar-refractivity contribution in [3.05, 3.63) is 40.6 Å². The molecule has 2 fully saturated rings. The number of aromatic nitrogens is 2. The van der Waals surface area contributed by atoms with Gasteiger partial charge in [0.2, 0.25) is 5.91 Å². The molecule has 1 aliphatic heterocycles. The van der Waals surface area contributed by atoms with E-state index in [1.807, 2.05) is 30.1 Å². The zero-order valence-electron chi connectivity index (χ0n) is 12.8. The highest BCUT2D eigenvalue weighted by atomic mass is 32.1. The van der Waals surface area contributed by atoms with Gasteiger partial charge in [0.05, 0.1) is 12.4 Å². The minimum atomic E-state index is 0.222. The monoisotopic (exact) mass is 315 g/mol. The summed E-state index contributed by atoms with van der Waals surface area (Å²) in [6.07, 6.45) is 8.95. The Hall–Kier alpha value is -1.62. The van der Waals surface area contributed by atoms with Gasteiger partial charge in [0.25, 0.3) is 0 Å². The fraction of sp³-hybridized carbons (Fsp3) is 0.529. The first-order valence-electron chi connectivity index (χ1n) is 8.05. The molecule has 4 nitrogen and oxygen atoms in total. The van der Waals surface area contributed by atoms with Gasteiger partial charge in [-0.15, -0.1) is 11.3 Å². The van der Waals surface area contributed by atoms with Crippen molar-refractivity contribution in [3.8, 4) is 0 Å². The van der Waals surface area contributed by atoms with Crippen LogP contribution in [0.5, 0.6) is 0 Å². The average Bonchev–Trinajstić information content (AvgIpc) is 2.95. The summed E-state index contributed by atoms with van der Waals surface area (Å²) in [5.74, 6) is 1.06. The maximum absolute atomic E-state index is 12.8. The van der Waals surface area contributed by atoms with Crippen molar-refractivity contribution >= 4 is 17.2 Å². The Balaban J connectivity index is 1.41. The highest BCUT2D eigenvalue weighted by Gasteiger charge is 2.47. The van der Waals surface area contributed by atoms with Crippen molar-refractivity contribution in [2.24, 2.45) is 5.92 Å². The minimum Gasteiger partial charge on any atom is -0.340 e. The Labute approximate surface area is 134 Å². The van der Waals surface area contributed by atoms with E-state index < -0.39 is 0 Å². The molecule has 0 spiro atoms. The minimum absolute atomic E-state index is 0.222. The number of hydrogen-bond acceptors (Lipinski definition) is 3. The van der Waals surface area contributed by atoms with Crippen LogP contribution >= 0.6 is 11.3 Å². The second-order valence-electron chi connectivity index (χ2n) is 6.49. The molecule has 1 saturated heterocycles. The van der Waals surface area contributed by atoms with Gasteiger partial charge in [0.15, 0.2) is 0 Å². The summed E-state index contributed by atoms with van der Waals surface area (Å²) in [6.45, 7) is 3.88. The van der Waals surface area contributed by atoms with Crippen molar-refractivity contribution in [1.82, 2.24) is 14.5 Å². The summed E-state index contributed by atoms with van der Waals surface area (Å²) in [5, 5.41) is 0. The van der Waals surface area contributed by atoms with E-state index >= 15 is 0 Å². The van der Waals surface area contributed by atoms with Crippen LogP contribution in [-0.2, 0) is 4.79 Å². The van der Waals surface area contributed by atoms with Crippen LogP contribution in [0.15, 0.2) is 30.9 Å². The molecule has 0 N–H and O–H groups in total. The molecule has 1 amide bonds. The number of amides is 1. The molecule has 3 atom stereocenters. The first kappa shape index (κ1) is 14.0. The highest BCUT2D eigenvalue weighted by Crippen LogP contribution is 2.50. The van der Waals surface area contributed by atoms with Gasteiger partial charge in [-0.05, 0) is 38.3 Å². The maximum atomic E-state index is 12.8. The standard InChI is InChI=1S/C17H21N3OS/c1-12-4-5-16(22-12)14-9-15(14)17(21)19-7-2-3-13(10-19)20-8-6-18-11-20/h4-6,8,11,13-15H,2-3,7,9-10H2,1H3/t13-,14-,15+/m1/s1. The largest absolute Gasteiger partial charge is 0.340 e. The fourth-order valence-corrected chi connectivity index (χ4v) is 4.61. The number of aryl methyl sites for hydroxylation is 1. The van der Waals surface area contributed by atoms with Crippen molar-refractivity contribution in [1.29, 1.82) is 0 Å². The quantitative estimate of drug-likeness (QED) is 0.872. The number of likely N-dealkylation sites (tertiary alicyclic amines) is 1. The molecule has 5 heteroatoms. The van der Waals surface area contributed by atoms with E-state index in [0.717, 1.165) is 32.4 Å². The molecule has 0 unspecified atom stereocenters. The third-order valence-corrected chi connectivity index (χ3v) is 6.02. The number of hydrogen-bond donors (Lipinski definition) is 0. The summed E-state index contributed by atoms with van der Waals surface area (Å²) in [5.41, 5.74) is 0. The molecule has 1 aliphatic carbocycles. The molecular formula is C17H21N3OS. The fourth-order valence-electron chi connectivity index (χ4n) is 3.55. The topological polar surface area (TPSA) is 38.1 Å². The van der Waals surface area contributed by atoms with Crippen molar-refractivity contribution in [2.75, 3.05) is 13.1 Å². The van der Waals surface area contributed by atoms with Crippen molar-refractivity contribution in [3.63, 3.8) is 0 Å². The van der Waals surface area contributed by atoms with Crippen LogP contribution in [0.1, 0.15) is 41.0 Å². The number of rotatable bonds is 3. The molecule has 0 radical (unpaired) electrons. The highest BCUT2D eigenvalue weighted by molar-refractivity contribution is 7.12. The molecule has 2 aromatic heterocycles. The molecule has 2 aromatic rings. The molecule has 2 aliphatic rings. The van der Waals surface area contributed by atoms with Crippen LogP contribution in [0.25, 0.3) is 0 Å². The summed E-state index contributed by atoms with van der Waals surface area (Å²) in [4.78, 5) is 21.7. The normalized spacial score (nSPS) is 27.9. The van der Waals surface area contributed by atoms with Gasteiger partial charge < -0.3 is 9.47 Å². The first-order valence-corrected chi connectivity index (χ1v) is 8.86. The van der Waals surface area contributed by atoms with E-state index in [1.54, 1.807) is 0 Å². The molecule has 0 aromatic carbocycles. The molecule has 22 heavy (non-hydrogen) atoms. The summed E-state index contributed by atoms with van der Waals surface area (Å²) in [7, 11) is 0.